The van der Waals surface area contributed by atoms with Gasteiger partial charge in [-0.3, -0.25) is 0 Å². The lowest BCUT2D eigenvalue weighted by Crippen LogP contribution is -1.91. The van der Waals surface area contributed by atoms with Gasteiger partial charge < -0.3 is 0 Å². The Balaban J connectivity index is 3.15. The van der Waals surface area contributed by atoms with Crippen LogP contribution in [0.25, 0.3) is 0 Å². The van der Waals surface area contributed by atoms with Gasteiger partial charge in [0.15, 0.2) is 0 Å². The van der Waals surface area contributed by atoms with Gasteiger partial charge >= 0.3 is 0 Å². The largest absolute Gasteiger partial charge is 0.0654 e. The maximum atomic E-state index is 7.29. The van der Waals surface area contributed by atoms with E-state index in [-0.39, 0.29) is 6.40 Å². The minimum Gasteiger partial charge on any atom is -0.0654 e. The van der Waals surface area contributed by atoms with Crippen molar-refractivity contribution in [1.82, 2.24) is 0 Å². The predicted octanol–water partition coefficient (Wildman–Crippen LogP) is 3.22. The summed E-state index contributed by atoms with van der Waals surface area (Å²) in [5.41, 5.74) is 0. The van der Waals surface area contributed by atoms with E-state index in [2.05, 4.69) is 13.8 Å². The van der Waals surface area contributed by atoms with Crippen LogP contribution in [0.15, 0.2) is 0 Å². The molecule has 2 atom stereocenters. The summed E-state index contributed by atoms with van der Waals surface area (Å²) in [6.07, 6.45) is 3.73. The fourth-order valence-corrected chi connectivity index (χ4v) is 1.01. The normalized spacial score (nSPS) is 19.6. The lowest BCUT2D eigenvalue weighted by atomic mass is 10.0. The first-order valence-corrected chi connectivity index (χ1v) is 3.59. The van der Waals surface area contributed by atoms with Crippen molar-refractivity contribution in [2.24, 2.45) is 5.92 Å². The Labute approximate surface area is 54.7 Å². The van der Waals surface area contributed by atoms with E-state index in [1.807, 2.05) is 6.92 Å². The topological polar surface area (TPSA) is 0 Å². The molecule has 0 radical (unpaired) electrons. The quantitative estimate of drug-likeness (QED) is 0.529. The predicted molar refractivity (Wildman–Crippen MR) is 39.0 cm³/mol. The highest BCUT2D eigenvalue weighted by Gasteiger charge is 1.95. The molecule has 0 nitrogen and oxygen atoms in total. The molecule has 0 heterocycles. The summed E-state index contributed by atoms with van der Waals surface area (Å²) in [5.74, 6) is 0.752. The van der Waals surface area contributed by atoms with E-state index in [9.17, 15) is 0 Å². The molecule has 0 bridgehead atoms. The number of hydrogen-bond donors (Lipinski definition) is 0. The molecule has 0 spiro atoms. The highest BCUT2D eigenvalue weighted by Crippen LogP contribution is 2.10. The molecule has 0 rings (SSSR count). The van der Waals surface area contributed by atoms with Crippen LogP contribution in [0.3, 0.4) is 0 Å². The van der Waals surface area contributed by atoms with Gasteiger partial charge in [0.2, 0.25) is 0 Å². The number of hydrogen-bond acceptors (Lipinski definition) is 0. The molecule has 0 N–H and O–H groups in total. The minimum absolute atomic E-state index is 0.131. The second-order valence-electron chi connectivity index (χ2n) is 2.54. The van der Waals surface area contributed by atoms with Gasteiger partial charge in [-0.2, -0.15) is 0 Å². The molecule has 0 aromatic heterocycles. The van der Waals surface area contributed by atoms with Gasteiger partial charge in [0.05, 0.1) is 0 Å². The summed E-state index contributed by atoms with van der Waals surface area (Å²) in [6.45, 7) is 6.39. The van der Waals surface area contributed by atoms with Gasteiger partial charge in [-0.25, -0.2) is 0 Å². The maximum Gasteiger partial charge on any atom is 0.0264 e. The third-order valence-electron chi connectivity index (χ3n) is 1.42. The second kappa shape index (κ2) is 5.14. The zero-order chi connectivity index (χ0) is 7.28. The van der Waals surface area contributed by atoms with E-state index in [1.165, 1.54) is 12.8 Å². The fraction of sp³-hybridized carbons (Fsp3) is 1.00. The van der Waals surface area contributed by atoms with Crippen molar-refractivity contribution < 1.29 is 1.37 Å². The first-order valence-electron chi connectivity index (χ1n) is 4.16. The SMILES string of the molecule is [3H]C(C)CC(C)CCC. The Hall–Kier alpha value is 0. The summed E-state index contributed by atoms with van der Waals surface area (Å²) >= 11 is 0. The van der Waals surface area contributed by atoms with Gasteiger partial charge in [0.25, 0.3) is 0 Å². The summed E-state index contributed by atoms with van der Waals surface area (Å²) in [6, 6.07) is 0. The van der Waals surface area contributed by atoms with E-state index in [0.29, 0.717) is 0 Å². The molecule has 2 unspecified atom stereocenters. The molecular weight excluding hydrogens is 96.1 g/mol. The monoisotopic (exact) mass is 116 g/mol. The van der Waals surface area contributed by atoms with E-state index >= 15 is 0 Å². The van der Waals surface area contributed by atoms with Crippen molar-refractivity contribution in [2.75, 3.05) is 0 Å². The molecule has 0 aliphatic heterocycles. The van der Waals surface area contributed by atoms with E-state index in [0.717, 1.165) is 12.3 Å². The first-order chi connectivity index (χ1) is 4.16. The highest BCUT2D eigenvalue weighted by molar-refractivity contribution is 4.48. The van der Waals surface area contributed by atoms with Crippen LogP contribution < -0.4 is 0 Å². The van der Waals surface area contributed by atoms with Crippen LogP contribution in [0.4, 0.5) is 0 Å². The zero-order valence-corrected chi connectivity index (χ0v) is 6.28. The van der Waals surface area contributed by atoms with E-state index < -0.39 is 0 Å². The Morgan fingerprint density at radius 3 is 2.38 bits per heavy atom. The molecule has 50 valence electrons. The Morgan fingerprint density at radius 1 is 1.38 bits per heavy atom. The molecular formula is C8H18. The van der Waals surface area contributed by atoms with Crippen molar-refractivity contribution in [3.05, 3.63) is 0 Å². The summed E-state index contributed by atoms with van der Waals surface area (Å²) < 4.78 is 7.29. The molecule has 0 amide bonds. The Kier molecular flexibility index (Phi) is 3.94. The lowest BCUT2D eigenvalue weighted by molar-refractivity contribution is 0.480. The molecule has 0 aromatic carbocycles. The van der Waals surface area contributed by atoms with Crippen LogP contribution in [-0.4, -0.2) is 0 Å². The molecule has 0 aliphatic carbocycles. The Morgan fingerprint density at radius 2 is 2.00 bits per heavy atom. The summed E-state index contributed by atoms with van der Waals surface area (Å²) in [5, 5.41) is 0. The van der Waals surface area contributed by atoms with Crippen LogP contribution in [0, 0.1) is 5.92 Å². The summed E-state index contributed by atoms with van der Waals surface area (Å²) in [7, 11) is 0. The van der Waals surface area contributed by atoms with Crippen LogP contribution in [0.2, 0.25) is 0 Å². The molecule has 0 fully saturated rings. The first kappa shape index (κ1) is 6.12. The van der Waals surface area contributed by atoms with Crippen molar-refractivity contribution in [2.45, 2.75) is 46.4 Å². The van der Waals surface area contributed by atoms with Gasteiger partial charge in [-0.1, -0.05) is 46.4 Å². The van der Waals surface area contributed by atoms with Crippen LogP contribution >= 0.6 is 0 Å². The van der Waals surface area contributed by atoms with E-state index in [1.54, 1.807) is 0 Å². The average Bonchev–Trinajstić information content (AvgIpc) is 1.63. The average molecular weight is 116 g/mol. The molecule has 0 aromatic rings. The fourth-order valence-electron chi connectivity index (χ4n) is 1.01. The van der Waals surface area contributed by atoms with E-state index in [4.69, 9.17) is 1.37 Å². The molecule has 0 heteroatoms. The third-order valence-corrected chi connectivity index (χ3v) is 1.42. The van der Waals surface area contributed by atoms with Gasteiger partial charge in [-0.15, -0.1) is 0 Å². The molecule has 0 saturated heterocycles. The smallest absolute Gasteiger partial charge is 0.0264 e. The van der Waals surface area contributed by atoms with Crippen molar-refractivity contribution >= 4 is 0 Å². The highest BCUT2D eigenvalue weighted by atomic mass is 14.0. The lowest BCUT2D eigenvalue weighted by Gasteiger charge is -2.05. The summed E-state index contributed by atoms with van der Waals surface area (Å²) in [4.78, 5) is 0. The van der Waals surface area contributed by atoms with Crippen molar-refractivity contribution in [1.29, 1.82) is 0 Å². The zero-order valence-electron chi connectivity index (χ0n) is 7.28. The van der Waals surface area contributed by atoms with Gasteiger partial charge in [0.1, 0.15) is 0 Å². The van der Waals surface area contributed by atoms with Gasteiger partial charge in [-0.05, 0) is 5.92 Å². The van der Waals surface area contributed by atoms with Crippen molar-refractivity contribution in [3.63, 3.8) is 0 Å². The van der Waals surface area contributed by atoms with Gasteiger partial charge in [0, 0.05) is 1.37 Å². The second-order valence-corrected chi connectivity index (χ2v) is 2.54. The molecule has 0 aliphatic rings. The van der Waals surface area contributed by atoms with Crippen molar-refractivity contribution in [3.8, 4) is 0 Å². The Bertz CT molecular complexity index is 59.6. The standard InChI is InChI=1S/C8H18/c1-4-6-8(3)7-5-2/h8H,4-7H2,1-3H3/i4T. The van der Waals surface area contributed by atoms with Crippen LogP contribution in [0.1, 0.15) is 47.8 Å². The third kappa shape index (κ3) is 4.17. The number of rotatable bonds is 4. The van der Waals surface area contributed by atoms with Crippen LogP contribution in [0.5, 0.6) is 0 Å². The molecule has 0 saturated carbocycles. The minimum atomic E-state index is 0.131. The maximum absolute atomic E-state index is 7.29. The van der Waals surface area contributed by atoms with Crippen LogP contribution in [-0.2, 0) is 0 Å². The molecule has 8 heavy (non-hydrogen) atoms.